The van der Waals surface area contributed by atoms with Gasteiger partial charge in [-0.3, -0.25) is 19.8 Å². The lowest BCUT2D eigenvalue weighted by atomic mass is 10.1. The molecule has 0 spiro atoms. The van der Waals surface area contributed by atoms with Crippen LogP contribution in [0.5, 0.6) is 0 Å². The van der Waals surface area contributed by atoms with Gasteiger partial charge in [-0.1, -0.05) is 0 Å². The van der Waals surface area contributed by atoms with E-state index < -0.39 is 24.0 Å². The predicted octanol–water partition coefficient (Wildman–Crippen LogP) is 0.0653. The summed E-state index contributed by atoms with van der Waals surface area (Å²) in [5.74, 6) is -1.58. The van der Waals surface area contributed by atoms with Gasteiger partial charge in [0.15, 0.2) is 12.2 Å². The first-order valence-corrected chi connectivity index (χ1v) is 10.7. The van der Waals surface area contributed by atoms with Gasteiger partial charge in [-0.05, 0) is 48.5 Å². The Kier molecular flexibility index (Phi) is 6.87. The Labute approximate surface area is 195 Å². The Morgan fingerprint density at radius 2 is 1.65 bits per heavy atom. The topological polar surface area (TPSA) is 158 Å². The summed E-state index contributed by atoms with van der Waals surface area (Å²) in [6, 6.07) is 13.1. The van der Waals surface area contributed by atoms with Crippen molar-refractivity contribution in [3.8, 4) is 0 Å². The van der Waals surface area contributed by atoms with Crippen LogP contribution in [0, 0.1) is 5.41 Å². The average molecular weight is 467 g/mol. The summed E-state index contributed by atoms with van der Waals surface area (Å²) in [6.07, 6.45) is -3.10. The number of nitrogens with one attached hydrogen (secondary N) is 2. The Morgan fingerprint density at radius 3 is 2.26 bits per heavy atom. The molecule has 2 atom stereocenters. The molecular formula is C23H25N5O6. The number of morpholine rings is 2. The first kappa shape index (κ1) is 23.4. The molecule has 5 N–H and O–H groups in total. The quantitative estimate of drug-likeness (QED) is 0.346. The van der Waals surface area contributed by atoms with Crippen LogP contribution in [-0.4, -0.2) is 73.8 Å². The van der Waals surface area contributed by atoms with E-state index in [-0.39, 0.29) is 31.5 Å². The van der Waals surface area contributed by atoms with Crippen molar-refractivity contribution in [2.75, 3.05) is 48.0 Å². The smallest absolute Gasteiger partial charge is 0.259 e. The van der Waals surface area contributed by atoms with Crippen molar-refractivity contribution in [2.45, 2.75) is 12.2 Å². The molecule has 2 aromatic carbocycles. The highest BCUT2D eigenvalue weighted by molar-refractivity contribution is 6.04. The molecule has 0 bridgehead atoms. The van der Waals surface area contributed by atoms with Gasteiger partial charge in [-0.2, -0.15) is 0 Å². The summed E-state index contributed by atoms with van der Waals surface area (Å²) in [5.41, 5.74) is 7.54. The van der Waals surface area contributed by atoms with Crippen molar-refractivity contribution in [1.29, 1.82) is 5.41 Å². The summed E-state index contributed by atoms with van der Waals surface area (Å²) in [7, 11) is 0. The first-order valence-electron chi connectivity index (χ1n) is 10.7. The third-order valence-corrected chi connectivity index (χ3v) is 5.60. The van der Waals surface area contributed by atoms with E-state index in [9.17, 15) is 19.5 Å². The van der Waals surface area contributed by atoms with Gasteiger partial charge in [0.05, 0.1) is 13.2 Å². The van der Waals surface area contributed by atoms with Crippen LogP contribution in [0.1, 0.15) is 5.56 Å². The fraction of sp³-hybridized carbons (Fsp3) is 0.304. The molecule has 0 aliphatic carbocycles. The van der Waals surface area contributed by atoms with Crippen molar-refractivity contribution in [3.63, 3.8) is 0 Å². The SMILES string of the molecule is N=C(N)c1ccc(NC(=O)C(O)[C@H]2OCCN(c3ccc(N4CCOCC4=O)cc3)C2=O)cc1. The number of aliphatic hydroxyl groups excluding tert-OH is 1. The molecule has 4 rings (SSSR count). The van der Waals surface area contributed by atoms with Crippen molar-refractivity contribution < 1.29 is 29.0 Å². The van der Waals surface area contributed by atoms with Crippen LogP contribution in [0.15, 0.2) is 48.5 Å². The number of amidine groups is 1. The number of nitrogens with zero attached hydrogens (tertiary/aromatic N) is 2. The zero-order valence-electron chi connectivity index (χ0n) is 18.3. The maximum Gasteiger partial charge on any atom is 0.259 e. The van der Waals surface area contributed by atoms with E-state index in [0.29, 0.717) is 35.8 Å². The summed E-state index contributed by atoms with van der Waals surface area (Å²) < 4.78 is 10.6. The third-order valence-electron chi connectivity index (χ3n) is 5.60. The number of ether oxygens (including phenoxy) is 2. The monoisotopic (exact) mass is 467 g/mol. The number of carbonyl (C=O) groups excluding carboxylic acids is 3. The number of amides is 3. The number of hydrogen-bond donors (Lipinski definition) is 4. The number of rotatable bonds is 6. The maximum atomic E-state index is 13.0. The van der Waals surface area contributed by atoms with Gasteiger partial charge in [0.2, 0.25) is 0 Å². The van der Waals surface area contributed by atoms with Crippen LogP contribution in [0.4, 0.5) is 17.1 Å². The lowest BCUT2D eigenvalue weighted by Crippen LogP contribution is -2.55. The number of nitrogens with two attached hydrogens (primary N) is 1. The van der Waals surface area contributed by atoms with Gasteiger partial charge < -0.3 is 35.4 Å². The minimum atomic E-state index is -1.73. The predicted molar refractivity (Wildman–Crippen MR) is 124 cm³/mol. The second-order valence-corrected chi connectivity index (χ2v) is 7.82. The van der Waals surface area contributed by atoms with Gasteiger partial charge in [0.25, 0.3) is 17.7 Å². The van der Waals surface area contributed by atoms with Crippen molar-refractivity contribution >= 4 is 40.6 Å². The average Bonchev–Trinajstić information content (AvgIpc) is 2.84. The largest absolute Gasteiger partial charge is 0.384 e. The number of benzene rings is 2. The van der Waals surface area contributed by atoms with E-state index in [0.717, 1.165) is 0 Å². The molecule has 2 aliphatic heterocycles. The molecule has 178 valence electrons. The minimum Gasteiger partial charge on any atom is -0.384 e. The molecule has 3 amide bonds. The highest BCUT2D eigenvalue weighted by atomic mass is 16.5. The number of hydrogen-bond acceptors (Lipinski definition) is 7. The highest BCUT2D eigenvalue weighted by Gasteiger charge is 2.39. The maximum absolute atomic E-state index is 13.0. The van der Waals surface area contributed by atoms with Gasteiger partial charge in [-0.15, -0.1) is 0 Å². The molecule has 1 unspecified atom stereocenters. The van der Waals surface area contributed by atoms with Gasteiger partial charge in [0, 0.05) is 35.7 Å². The van der Waals surface area contributed by atoms with Crippen LogP contribution < -0.4 is 20.9 Å². The lowest BCUT2D eigenvalue weighted by molar-refractivity contribution is -0.150. The van der Waals surface area contributed by atoms with Crippen LogP contribution in [0.25, 0.3) is 0 Å². The Bertz CT molecular complexity index is 1090. The summed E-state index contributed by atoms with van der Waals surface area (Å²) >= 11 is 0. The molecule has 0 aromatic heterocycles. The van der Waals surface area contributed by atoms with Crippen molar-refractivity contribution in [3.05, 3.63) is 54.1 Å². The van der Waals surface area contributed by atoms with Crippen molar-refractivity contribution in [2.24, 2.45) is 5.73 Å². The summed E-state index contributed by atoms with van der Waals surface area (Å²) in [6.45, 7) is 1.34. The van der Waals surface area contributed by atoms with E-state index in [1.165, 1.54) is 17.0 Å². The zero-order chi connectivity index (χ0) is 24.2. The van der Waals surface area contributed by atoms with E-state index in [2.05, 4.69) is 5.32 Å². The Morgan fingerprint density at radius 1 is 1.03 bits per heavy atom. The Balaban J connectivity index is 1.42. The van der Waals surface area contributed by atoms with E-state index in [1.54, 1.807) is 41.3 Å². The summed E-state index contributed by atoms with van der Waals surface area (Å²) in [5, 5.41) is 20.5. The standard InChI is InChI=1S/C23H25N5O6/c24-21(25)14-1-3-15(4-2-14)26-22(31)19(30)20-23(32)28(10-12-34-20)17-7-5-16(6-8-17)27-9-11-33-13-18(27)29/h1-8,19-20,30H,9-13H2,(H3,24,25)(H,26,31)/t19?,20-/m1/s1. The minimum absolute atomic E-state index is 0.0339. The fourth-order valence-electron chi connectivity index (χ4n) is 3.78. The molecule has 2 heterocycles. The van der Waals surface area contributed by atoms with Crippen molar-refractivity contribution in [1.82, 2.24) is 0 Å². The number of carbonyl (C=O) groups is 3. The fourth-order valence-corrected chi connectivity index (χ4v) is 3.78. The molecule has 2 saturated heterocycles. The van der Waals surface area contributed by atoms with Gasteiger partial charge in [0.1, 0.15) is 12.4 Å². The normalized spacial score (nSPS) is 19.6. The van der Waals surface area contributed by atoms with Crippen LogP contribution >= 0.6 is 0 Å². The molecule has 11 nitrogen and oxygen atoms in total. The summed E-state index contributed by atoms with van der Waals surface area (Å²) in [4.78, 5) is 40.7. The highest BCUT2D eigenvalue weighted by Crippen LogP contribution is 2.25. The second-order valence-electron chi connectivity index (χ2n) is 7.82. The lowest BCUT2D eigenvalue weighted by Gasteiger charge is -2.34. The number of aliphatic hydroxyl groups is 1. The van der Waals surface area contributed by atoms with E-state index in [4.69, 9.17) is 20.6 Å². The van der Waals surface area contributed by atoms with Crippen LogP contribution in [0.3, 0.4) is 0 Å². The van der Waals surface area contributed by atoms with E-state index in [1.807, 2.05) is 0 Å². The first-order chi connectivity index (χ1) is 16.3. The van der Waals surface area contributed by atoms with E-state index >= 15 is 0 Å². The molecule has 0 radical (unpaired) electrons. The molecular weight excluding hydrogens is 442 g/mol. The molecule has 34 heavy (non-hydrogen) atoms. The van der Waals surface area contributed by atoms with Gasteiger partial charge in [-0.25, -0.2) is 0 Å². The van der Waals surface area contributed by atoms with Crippen LogP contribution in [0.2, 0.25) is 0 Å². The van der Waals surface area contributed by atoms with Crippen LogP contribution in [-0.2, 0) is 23.9 Å². The number of nitrogen functional groups attached to an aromatic ring is 1. The zero-order valence-corrected chi connectivity index (χ0v) is 18.3. The molecule has 0 saturated carbocycles. The second kappa shape index (κ2) is 10.00. The molecule has 2 fully saturated rings. The molecule has 11 heteroatoms. The molecule has 2 aliphatic rings. The van der Waals surface area contributed by atoms with Gasteiger partial charge >= 0.3 is 0 Å². The molecule has 2 aromatic rings. The third kappa shape index (κ3) is 4.91. The number of anilines is 3. The Hall–Kier alpha value is -3.80.